The maximum atomic E-state index is 11.3. The number of carbonyl (C=O) groups excluding carboxylic acids is 2. The van der Waals surface area contributed by atoms with Gasteiger partial charge in [0.2, 0.25) is 5.91 Å². The molecular weight excluding hydrogens is 222 g/mol. The predicted molar refractivity (Wildman–Crippen MR) is 62.5 cm³/mol. The molecule has 1 aromatic rings. The van der Waals surface area contributed by atoms with Crippen LogP contribution in [0.2, 0.25) is 0 Å². The number of esters is 1. The number of aliphatic hydroxyl groups is 1. The average Bonchev–Trinajstić information content (AvgIpc) is 2.31. The minimum Gasteiger partial charge on any atom is -0.469 e. The summed E-state index contributed by atoms with van der Waals surface area (Å²) in [5, 5.41) is 11.3. The van der Waals surface area contributed by atoms with E-state index in [1.807, 2.05) is 12.1 Å². The van der Waals surface area contributed by atoms with Crippen molar-refractivity contribution in [1.82, 2.24) is 0 Å². The number of carbonyl (C=O) groups is 2. The van der Waals surface area contributed by atoms with Gasteiger partial charge in [-0.2, -0.15) is 0 Å². The quantitative estimate of drug-likeness (QED) is 0.584. The second-order valence-electron chi connectivity index (χ2n) is 3.47. The van der Waals surface area contributed by atoms with Gasteiger partial charge in [0.15, 0.2) is 0 Å². The molecular formula is C12H15NO4. The number of anilines is 1. The van der Waals surface area contributed by atoms with Crippen LogP contribution in [0.25, 0.3) is 0 Å². The lowest BCUT2D eigenvalue weighted by atomic mass is 10.1. The van der Waals surface area contributed by atoms with Crippen LogP contribution in [-0.4, -0.2) is 30.7 Å². The molecule has 0 spiro atoms. The number of rotatable bonds is 5. The molecule has 0 radical (unpaired) electrons. The van der Waals surface area contributed by atoms with Crippen LogP contribution in [0, 0.1) is 0 Å². The van der Waals surface area contributed by atoms with Crippen LogP contribution in [0.3, 0.4) is 0 Å². The van der Waals surface area contributed by atoms with Crippen molar-refractivity contribution >= 4 is 17.6 Å². The van der Waals surface area contributed by atoms with Crippen molar-refractivity contribution in [2.45, 2.75) is 12.8 Å². The lowest BCUT2D eigenvalue weighted by Crippen LogP contribution is -2.17. The smallest absolute Gasteiger partial charge is 0.315 e. The molecule has 1 amide bonds. The Morgan fingerprint density at radius 3 is 2.47 bits per heavy atom. The molecule has 0 aliphatic heterocycles. The van der Waals surface area contributed by atoms with E-state index < -0.39 is 11.9 Å². The predicted octanol–water partition coefficient (Wildman–Crippen LogP) is 0.723. The molecule has 0 bridgehead atoms. The fraction of sp³-hybridized carbons (Fsp3) is 0.333. The SMILES string of the molecule is COC(=O)CC(=O)Nc1ccc(CCO)cc1. The minimum atomic E-state index is -0.570. The number of nitrogens with one attached hydrogen (secondary N) is 1. The maximum Gasteiger partial charge on any atom is 0.315 e. The van der Waals surface area contributed by atoms with Crippen molar-refractivity contribution in [3.8, 4) is 0 Å². The Balaban J connectivity index is 2.51. The van der Waals surface area contributed by atoms with Crippen molar-refractivity contribution in [3.63, 3.8) is 0 Å². The highest BCUT2D eigenvalue weighted by atomic mass is 16.5. The zero-order valence-corrected chi connectivity index (χ0v) is 9.60. The molecule has 0 heterocycles. The summed E-state index contributed by atoms with van der Waals surface area (Å²) >= 11 is 0. The third-order valence-corrected chi connectivity index (χ3v) is 2.17. The minimum absolute atomic E-state index is 0.0913. The maximum absolute atomic E-state index is 11.3. The number of methoxy groups -OCH3 is 1. The first-order valence-electron chi connectivity index (χ1n) is 5.22. The van der Waals surface area contributed by atoms with Crippen molar-refractivity contribution in [1.29, 1.82) is 0 Å². The highest BCUT2D eigenvalue weighted by Gasteiger charge is 2.09. The van der Waals surface area contributed by atoms with Crippen LogP contribution in [0.15, 0.2) is 24.3 Å². The fourth-order valence-electron chi connectivity index (χ4n) is 1.29. The fourth-order valence-corrected chi connectivity index (χ4v) is 1.29. The van der Waals surface area contributed by atoms with Crippen LogP contribution in [-0.2, 0) is 20.7 Å². The Morgan fingerprint density at radius 1 is 1.29 bits per heavy atom. The second-order valence-corrected chi connectivity index (χ2v) is 3.47. The molecule has 5 nitrogen and oxygen atoms in total. The van der Waals surface area contributed by atoms with E-state index in [9.17, 15) is 9.59 Å². The summed E-state index contributed by atoms with van der Waals surface area (Å²) in [7, 11) is 1.24. The van der Waals surface area contributed by atoms with Gasteiger partial charge in [0.1, 0.15) is 6.42 Å². The van der Waals surface area contributed by atoms with Crippen LogP contribution in [0.4, 0.5) is 5.69 Å². The standard InChI is InChI=1S/C12H15NO4/c1-17-12(16)8-11(15)13-10-4-2-9(3-5-10)6-7-14/h2-5,14H,6-8H2,1H3,(H,13,15). The van der Waals surface area contributed by atoms with E-state index in [0.717, 1.165) is 5.56 Å². The monoisotopic (exact) mass is 237 g/mol. The molecule has 0 unspecified atom stereocenters. The van der Waals surface area contributed by atoms with E-state index >= 15 is 0 Å². The first-order chi connectivity index (χ1) is 8.15. The van der Waals surface area contributed by atoms with Crippen LogP contribution in [0.1, 0.15) is 12.0 Å². The van der Waals surface area contributed by atoms with Gasteiger partial charge in [-0.3, -0.25) is 9.59 Å². The zero-order valence-electron chi connectivity index (χ0n) is 9.60. The molecule has 5 heteroatoms. The normalized spacial score (nSPS) is 9.76. The van der Waals surface area contributed by atoms with Gasteiger partial charge in [-0.1, -0.05) is 12.1 Å². The van der Waals surface area contributed by atoms with Crippen molar-refractivity contribution < 1.29 is 19.4 Å². The Hall–Kier alpha value is -1.88. The molecule has 0 aliphatic carbocycles. The summed E-state index contributed by atoms with van der Waals surface area (Å²) in [5.41, 5.74) is 1.60. The summed E-state index contributed by atoms with van der Waals surface area (Å²) in [4.78, 5) is 22.2. The summed E-state index contributed by atoms with van der Waals surface area (Å²) in [6.07, 6.45) is 0.283. The van der Waals surface area contributed by atoms with E-state index in [1.54, 1.807) is 12.1 Å². The molecule has 0 fully saturated rings. The first-order valence-corrected chi connectivity index (χ1v) is 5.22. The van der Waals surface area contributed by atoms with Crippen molar-refractivity contribution in [3.05, 3.63) is 29.8 Å². The molecule has 0 aliphatic rings. The van der Waals surface area contributed by atoms with Gasteiger partial charge in [-0.05, 0) is 24.1 Å². The van der Waals surface area contributed by atoms with Crippen LogP contribution in [0.5, 0.6) is 0 Å². The number of aliphatic hydroxyl groups excluding tert-OH is 1. The van der Waals surface area contributed by atoms with Crippen LogP contribution >= 0.6 is 0 Å². The second kappa shape index (κ2) is 6.65. The third kappa shape index (κ3) is 4.65. The molecule has 0 saturated carbocycles. The molecule has 92 valence electrons. The van der Waals surface area contributed by atoms with Gasteiger partial charge in [0, 0.05) is 12.3 Å². The van der Waals surface area contributed by atoms with Crippen molar-refractivity contribution in [2.75, 3.05) is 19.0 Å². The Labute approximate surface area is 99.4 Å². The van der Waals surface area contributed by atoms with E-state index in [-0.39, 0.29) is 13.0 Å². The number of ether oxygens (including phenoxy) is 1. The largest absolute Gasteiger partial charge is 0.469 e. The topological polar surface area (TPSA) is 75.6 Å². The average molecular weight is 237 g/mol. The molecule has 2 N–H and O–H groups in total. The molecule has 1 rings (SSSR count). The Kier molecular flexibility index (Phi) is 5.16. The highest BCUT2D eigenvalue weighted by Crippen LogP contribution is 2.10. The summed E-state index contributed by atoms with van der Waals surface area (Å²) < 4.78 is 4.38. The van der Waals surface area contributed by atoms with Gasteiger partial charge < -0.3 is 15.2 Å². The lowest BCUT2D eigenvalue weighted by molar-refractivity contribution is -0.142. The van der Waals surface area contributed by atoms with Gasteiger partial charge in [0.25, 0.3) is 0 Å². The Morgan fingerprint density at radius 2 is 1.94 bits per heavy atom. The number of benzene rings is 1. The van der Waals surface area contributed by atoms with Gasteiger partial charge in [-0.15, -0.1) is 0 Å². The van der Waals surface area contributed by atoms with Gasteiger partial charge in [-0.25, -0.2) is 0 Å². The summed E-state index contributed by atoms with van der Waals surface area (Å²) in [6.45, 7) is 0.0913. The van der Waals surface area contributed by atoms with Crippen molar-refractivity contribution in [2.24, 2.45) is 0 Å². The van der Waals surface area contributed by atoms with E-state index in [1.165, 1.54) is 7.11 Å². The first kappa shape index (κ1) is 13.2. The summed E-state index contributed by atoms with van der Waals surface area (Å²) in [5.74, 6) is -0.980. The van der Waals surface area contributed by atoms with Crippen LogP contribution < -0.4 is 5.32 Å². The zero-order chi connectivity index (χ0) is 12.7. The summed E-state index contributed by atoms with van der Waals surface area (Å²) in [6, 6.07) is 7.06. The third-order valence-electron chi connectivity index (χ3n) is 2.17. The number of hydrogen-bond acceptors (Lipinski definition) is 4. The Bertz CT molecular complexity index is 386. The molecule has 0 aromatic heterocycles. The molecule has 0 atom stereocenters. The number of amides is 1. The molecule has 1 aromatic carbocycles. The van der Waals surface area contributed by atoms with Gasteiger partial charge >= 0.3 is 5.97 Å². The highest BCUT2D eigenvalue weighted by molar-refractivity contribution is 6.01. The molecule has 0 saturated heterocycles. The van der Waals surface area contributed by atoms with E-state index in [0.29, 0.717) is 12.1 Å². The number of hydrogen-bond donors (Lipinski definition) is 2. The van der Waals surface area contributed by atoms with Gasteiger partial charge in [0.05, 0.1) is 7.11 Å². The van der Waals surface area contributed by atoms with E-state index in [4.69, 9.17) is 5.11 Å². The van der Waals surface area contributed by atoms with E-state index in [2.05, 4.69) is 10.1 Å². The lowest BCUT2D eigenvalue weighted by Gasteiger charge is -2.05. The molecule has 17 heavy (non-hydrogen) atoms.